The average molecular weight is 421 g/mol. The van der Waals surface area contributed by atoms with Crippen LogP contribution in [0.4, 0.5) is 0 Å². The van der Waals surface area contributed by atoms with Crippen LogP contribution in [0.3, 0.4) is 0 Å². The maximum atomic E-state index is 12.4. The second-order valence-electron chi connectivity index (χ2n) is 5.61. The van der Waals surface area contributed by atoms with Crippen molar-refractivity contribution in [3.63, 3.8) is 0 Å². The number of rotatable bonds is 10. The highest BCUT2D eigenvalue weighted by Crippen LogP contribution is 2.29. The van der Waals surface area contributed by atoms with Crippen molar-refractivity contribution in [2.45, 2.75) is 11.8 Å². The molecule has 0 aromatic heterocycles. The van der Waals surface area contributed by atoms with Crippen LogP contribution in [-0.4, -0.2) is 47.9 Å². The van der Waals surface area contributed by atoms with E-state index >= 15 is 0 Å². The lowest BCUT2D eigenvalue weighted by atomic mass is 10.2. The van der Waals surface area contributed by atoms with Crippen molar-refractivity contribution in [1.29, 1.82) is 0 Å². The third-order valence-corrected chi connectivity index (χ3v) is 5.10. The van der Waals surface area contributed by atoms with Crippen molar-refractivity contribution in [1.82, 2.24) is 10.1 Å². The van der Waals surface area contributed by atoms with Crippen molar-refractivity contribution < 1.29 is 27.4 Å². The lowest BCUT2D eigenvalue weighted by Gasteiger charge is -2.10. The van der Waals surface area contributed by atoms with E-state index in [9.17, 15) is 13.2 Å². The molecule has 29 heavy (non-hydrogen) atoms. The minimum absolute atomic E-state index is 0.0582. The Morgan fingerprint density at radius 1 is 1.07 bits per heavy atom. The summed E-state index contributed by atoms with van der Waals surface area (Å²) >= 11 is 0. The van der Waals surface area contributed by atoms with Gasteiger partial charge in [0, 0.05) is 11.6 Å². The molecule has 0 aliphatic heterocycles. The van der Waals surface area contributed by atoms with Gasteiger partial charge in [-0.2, -0.15) is 5.10 Å². The molecule has 0 radical (unpaired) electrons. The topological polar surface area (TPSA) is 115 Å². The molecule has 2 rings (SSSR count). The van der Waals surface area contributed by atoms with Crippen LogP contribution in [0.1, 0.15) is 12.5 Å². The van der Waals surface area contributed by atoms with E-state index in [0.29, 0.717) is 23.7 Å². The zero-order chi connectivity index (χ0) is 21.3. The largest absolute Gasteiger partial charge is 0.493 e. The van der Waals surface area contributed by atoms with Gasteiger partial charge in [-0.3, -0.25) is 4.79 Å². The fourth-order valence-corrected chi connectivity index (χ4v) is 3.31. The summed E-state index contributed by atoms with van der Waals surface area (Å²) in [6, 6.07) is 11.3. The first kappa shape index (κ1) is 22.2. The number of para-hydroxylation sites is 1. The molecule has 0 fully saturated rings. The molecule has 10 heteroatoms. The Hall–Kier alpha value is -3.11. The summed E-state index contributed by atoms with van der Waals surface area (Å²) < 4.78 is 42.6. The predicted molar refractivity (Wildman–Crippen MR) is 108 cm³/mol. The zero-order valence-electron chi connectivity index (χ0n) is 16.3. The first-order valence-electron chi connectivity index (χ1n) is 8.66. The number of benzene rings is 2. The van der Waals surface area contributed by atoms with Gasteiger partial charge in [-0.25, -0.2) is 18.6 Å². The van der Waals surface area contributed by atoms with Crippen molar-refractivity contribution >= 4 is 22.1 Å². The fourth-order valence-electron chi connectivity index (χ4n) is 2.32. The Labute approximate surface area is 169 Å². The molecule has 0 spiro atoms. The Morgan fingerprint density at radius 3 is 2.48 bits per heavy atom. The van der Waals surface area contributed by atoms with Gasteiger partial charge in [0.25, 0.3) is 5.91 Å². The summed E-state index contributed by atoms with van der Waals surface area (Å²) in [5, 5.41) is 3.83. The Bertz CT molecular complexity index is 976. The van der Waals surface area contributed by atoms with Crippen LogP contribution < -0.4 is 24.4 Å². The van der Waals surface area contributed by atoms with Crippen LogP contribution in [-0.2, 0) is 14.8 Å². The molecule has 0 aliphatic rings. The molecule has 156 valence electrons. The minimum Gasteiger partial charge on any atom is -0.493 e. The van der Waals surface area contributed by atoms with Crippen LogP contribution in [0.5, 0.6) is 17.2 Å². The summed E-state index contributed by atoms with van der Waals surface area (Å²) in [5.41, 5.74) is 2.95. The van der Waals surface area contributed by atoms with Crippen LogP contribution in [0.25, 0.3) is 0 Å². The summed E-state index contributed by atoms with van der Waals surface area (Å²) in [6.45, 7) is 1.87. The number of amides is 1. The molecule has 1 amide bonds. The van der Waals surface area contributed by atoms with Gasteiger partial charge < -0.3 is 14.2 Å². The summed E-state index contributed by atoms with van der Waals surface area (Å²) in [6.07, 6.45) is 1.42. The average Bonchev–Trinajstić information content (AvgIpc) is 2.73. The molecule has 0 saturated carbocycles. The SMILES string of the molecule is CCOc1ccccc1/C=N\NC(=O)CNS(=O)(=O)c1ccc(OC)c(OC)c1. The number of carbonyl (C=O) groups is 1. The number of hydrogen-bond donors (Lipinski definition) is 2. The van der Waals surface area contributed by atoms with E-state index in [1.165, 1.54) is 38.6 Å². The highest BCUT2D eigenvalue weighted by Gasteiger charge is 2.18. The van der Waals surface area contributed by atoms with E-state index in [-0.39, 0.29) is 10.6 Å². The summed E-state index contributed by atoms with van der Waals surface area (Å²) in [5.74, 6) is 0.657. The minimum atomic E-state index is -3.92. The molecule has 0 saturated heterocycles. The molecule has 0 unspecified atom stereocenters. The van der Waals surface area contributed by atoms with Gasteiger partial charge in [-0.05, 0) is 31.2 Å². The van der Waals surface area contributed by atoms with E-state index in [1.807, 2.05) is 19.1 Å². The predicted octanol–water partition coefficient (Wildman–Crippen LogP) is 1.53. The van der Waals surface area contributed by atoms with Gasteiger partial charge in [-0.1, -0.05) is 12.1 Å². The van der Waals surface area contributed by atoms with Crippen LogP contribution in [0, 0.1) is 0 Å². The maximum Gasteiger partial charge on any atom is 0.255 e. The van der Waals surface area contributed by atoms with Crippen LogP contribution in [0.2, 0.25) is 0 Å². The second kappa shape index (κ2) is 10.4. The molecule has 2 aromatic rings. The summed E-state index contributed by atoms with van der Waals surface area (Å²) in [7, 11) is -1.08. The van der Waals surface area contributed by atoms with Crippen molar-refractivity contribution in [2.24, 2.45) is 5.10 Å². The highest BCUT2D eigenvalue weighted by atomic mass is 32.2. The number of nitrogens with one attached hydrogen (secondary N) is 2. The first-order valence-corrected chi connectivity index (χ1v) is 10.1. The summed E-state index contributed by atoms with van der Waals surface area (Å²) in [4.78, 5) is 11.9. The number of ether oxygens (including phenoxy) is 3. The Morgan fingerprint density at radius 2 is 1.79 bits per heavy atom. The van der Waals surface area contributed by atoms with Gasteiger partial charge in [0.15, 0.2) is 11.5 Å². The third-order valence-electron chi connectivity index (χ3n) is 3.70. The van der Waals surface area contributed by atoms with Crippen LogP contribution in [0.15, 0.2) is 52.5 Å². The molecule has 2 aromatic carbocycles. The molecule has 0 bridgehead atoms. The number of sulfonamides is 1. The molecular weight excluding hydrogens is 398 g/mol. The van der Waals surface area contributed by atoms with E-state index < -0.39 is 22.5 Å². The van der Waals surface area contributed by atoms with Gasteiger partial charge in [0.1, 0.15) is 5.75 Å². The van der Waals surface area contributed by atoms with Gasteiger partial charge in [0.05, 0.1) is 38.5 Å². The molecule has 9 nitrogen and oxygen atoms in total. The zero-order valence-corrected chi connectivity index (χ0v) is 17.2. The number of nitrogens with zero attached hydrogens (tertiary/aromatic N) is 1. The van der Waals surface area contributed by atoms with E-state index in [0.717, 1.165) is 0 Å². The van der Waals surface area contributed by atoms with Gasteiger partial charge >= 0.3 is 0 Å². The standard InChI is InChI=1S/C19H23N3O6S/c1-4-28-16-8-6-5-7-14(16)12-20-22-19(23)13-21-29(24,25)15-9-10-17(26-2)18(11-15)27-3/h5-12,21H,4,13H2,1-3H3,(H,22,23)/b20-12-. The van der Waals surface area contributed by atoms with Gasteiger partial charge in [-0.15, -0.1) is 0 Å². The molecule has 0 atom stereocenters. The van der Waals surface area contributed by atoms with Crippen molar-refractivity contribution in [3.05, 3.63) is 48.0 Å². The highest BCUT2D eigenvalue weighted by molar-refractivity contribution is 7.89. The molecular formula is C19H23N3O6S. The number of methoxy groups -OCH3 is 2. The first-order chi connectivity index (χ1) is 13.9. The van der Waals surface area contributed by atoms with Gasteiger partial charge in [0.2, 0.25) is 10.0 Å². The smallest absolute Gasteiger partial charge is 0.255 e. The number of hydrazone groups is 1. The third kappa shape index (κ3) is 6.19. The van der Waals surface area contributed by atoms with Crippen LogP contribution >= 0.6 is 0 Å². The molecule has 0 heterocycles. The van der Waals surface area contributed by atoms with E-state index in [2.05, 4.69) is 15.2 Å². The Kier molecular flexibility index (Phi) is 7.98. The van der Waals surface area contributed by atoms with Crippen molar-refractivity contribution in [3.8, 4) is 17.2 Å². The Balaban J connectivity index is 1.96. The maximum absolute atomic E-state index is 12.4. The normalized spacial score (nSPS) is 11.3. The lowest BCUT2D eigenvalue weighted by Crippen LogP contribution is -2.34. The lowest BCUT2D eigenvalue weighted by molar-refractivity contribution is -0.119. The monoisotopic (exact) mass is 421 g/mol. The number of hydrogen-bond acceptors (Lipinski definition) is 7. The van der Waals surface area contributed by atoms with E-state index in [4.69, 9.17) is 14.2 Å². The number of carbonyl (C=O) groups excluding carboxylic acids is 1. The van der Waals surface area contributed by atoms with E-state index in [1.54, 1.807) is 12.1 Å². The molecule has 0 aliphatic carbocycles. The fraction of sp³-hybridized carbons (Fsp3) is 0.263. The molecule has 2 N–H and O–H groups in total. The quantitative estimate of drug-likeness (QED) is 0.444. The van der Waals surface area contributed by atoms with Crippen molar-refractivity contribution in [2.75, 3.05) is 27.4 Å². The second-order valence-corrected chi connectivity index (χ2v) is 7.37.